The zero-order valence-corrected chi connectivity index (χ0v) is 11.3. The van der Waals surface area contributed by atoms with Crippen LogP contribution in [0.15, 0.2) is 23.1 Å². The van der Waals surface area contributed by atoms with E-state index in [0.717, 1.165) is 11.1 Å². The summed E-state index contributed by atoms with van der Waals surface area (Å²) < 4.78 is 25.6. The number of hydrogen-bond acceptors (Lipinski definition) is 3. The molecule has 0 fully saturated rings. The minimum Gasteiger partial charge on any atom is -0.334 e. The summed E-state index contributed by atoms with van der Waals surface area (Å²) in [6, 6.07) is 5.00. The van der Waals surface area contributed by atoms with Crippen molar-refractivity contribution in [3.8, 4) is 0 Å². The second-order valence-electron chi connectivity index (χ2n) is 4.24. The van der Waals surface area contributed by atoms with Crippen molar-refractivity contribution in [3.05, 3.63) is 29.3 Å². The second-order valence-corrected chi connectivity index (χ2v) is 6.13. The van der Waals surface area contributed by atoms with Gasteiger partial charge in [-0.3, -0.25) is 4.79 Å². The van der Waals surface area contributed by atoms with E-state index < -0.39 is 10.0 Å². The molecule has 1 aromatic carbocycles. The van der Waals surface area contributed by atoms with Gasteiger partial charge in [-0.1, -0.05) is 13.0 Å². The lowest BCUT2D eigenvalue weighted by Gasteiger charge is -2.13. The van der Waals surface area contributed by atoms with Gasteiger partial charge in [-0.15, -0.1) is 0 Å². The van der Waals surface area contributed by atoms with E-state index in [1.165, 1.54) is 7.05 Å². The largest absolute Gasteiger partial charge is 0.334 e. The highest BCUT2D eigenvalue weighted by Crippen LogP contribution is 2.25. The number of fused-ring (bicyclic) bond motifs is 1. The van der Waals surface area contributed by atoms with Gasteiger partial charge in [0.2, 0.25) is 15.9 Å². The van der Waals surface area contributed by atoms with Gasteiger partial charge in [0, 0.05) is 19.5 Å². The van der Waals surface area contributed by atoms with Crippen LogP contribution in [-0.2, 0) is 27.9 Å². The standard InChI is InChI=1S/C12H16N2O3S/c1-3-12(15)14-7-9-4-5-11(6-10(9)8-14)18(16,17)13-2/h4-6,13H,3,7-8H2,1-2H3. The SMILES string of the molecule is CCC(=O)N1Cc2ccc(S(=O)(=O)NC)cc2C1. The number of hydrogen-bond donors (Lipinski definition) is 1. The number of rotatable bonds is 3. The number of sulfonamides is 1. The van der Waals surface area contributed by atoms with Crippen molar-refractivity contribution in [2.75, 3.05) is 7.05 Å². The van der Waals surface area contributed by atoms with Crippen LogP contribution in [0.2, 0.25) is 0 Å². The van der Waals surface area contributed by atoms with Crippen LogP contribution in [0.5, 0.6) is 0 Å². The molecule has 1 aromatic rings. The Morgan fingerprint density at radius 2 is 2.00 bits per heavy atom. The van der Waals surface area contributed by atoms with Crippen molar-refractivity contribution in [2.45, 2.75) is 31.3 Å². The number of nitrogens with zero attached hydrogens (tertiary/aromatic N) is 1. The first kappa shape index (κ1) is 13.0. The number of benzene rings is 1. The lowest BCUT2D eigenvalue weighted by Crippen LogP contribution is -2.24. The molecule has 18 heavy (non-hydrogen) atoms. The average Bonchev–Trinajstić information content (AvgIpc) is 2.80. The lowest BCUT2D eigenvalue weighted by atomic mass is 10.1. The van der Waals surface area contributed by atoms with Gasteiger partial charge in [0.05, 0.1) is 4.90 Å². The van der Waals surface area contributed by atoms with Gasteiger partial charge in [0.1, 0.15) is 0 Å². The Bertz CT molecular complexity index is 581. The molecule has 1 heterocycles. The lowest BCUT2D eigenvalue weighted by molar-refractivity contribution is -0.131. The molecule has 1 N–H and O–H groups in total. The molecule has 2 rings (SSSR count). The van der Waals surface area contributed by atoms with Crippen LogP contribution in [0.3, 0.4) is 0 Å². The van der Waals surface area contributed by atoms with E-state index >= 15 is 0 Å². The molecule has 0 radical (unpaired) electrons. The third-order valence-electron chi connectivity index (χ3n) is 3.13. The molecule has 0 aliphatic carbocycles. The van der Waals surface area contributed by atoms with E-state index in [1.54, 1.807) is 23.1 Å². The monoisotopic (exact) mass is 268 g/mol. The molecule has 1 aliphatic rings. The summed E-state index contributed by atoms with van der Waals surface area (Å²) in [5.41, 5.74) is 1.93. The predicted molar refractivity (Wildman–Crippen MR) is 67.2 cm³/mol. The van der Waals surface area contributed by atoms with Crippen molar-refractivity contribution in [1.82, 2.24) is 9.62 Å². The first-order valence-electron chi connectivity index (χ1n) is 5.81. The van der Waals surface area contributed by atoms with Gasteiger partial charge in [-0.2, -0.15) is 0 Å². The highest BCUT2D eigenvalue weighted by atomic mass is 32.2. The molecular formula is C12H16N2O3S. The first-order chi connectivity index (χ1) is 8.47. The molecule has 0 bridgehead atoms. The summed E-state index contributed by atoms with van der Waals surface area (Å²) >= 11 is 0. The normalized spacial score (nSPS) is 14.7. The zero-order valence-electron chi connectivity index (χ0n) is 10.4. The maximum absolute atomic E-state index is 11.7. The minimum atomic E-state index is -3.42. The summed E-state index contributed by atoms with van der Waals surface area (Å²) in [6.45, 7) is 2.89. The van der Waals surface area contributed by atoms with Gasteiger partial charge in [0.15, 0.2) is 0 Å². The maximum atomic E-state index is 11.7. The van der Waals surface area contributed by atoms with Crippen LogP contribution in [0, 0.1) is 0 Å². The van der Waals surface area contributed by atoms with E-state index in [2.05, 4.69) is 4.72 Å². The van der Waals surface area contributed by atoms with Crippen LogP contribution in [0.4, 0.5) is 0 Å². The van der Waals surface area contributed by atoms with Crippen LogP contribution in [-0.4, -0.2) is 26.3 Å². The molecule has 0 saturated carbocycles. The molecule has 1 amide bonds. The summed E-state index contributed by atoms with van der Waals surface area (Å²) in [4.78, 5) is 13.6. The van der Waals surface area contributed by atoms with Gasteiger partial charge >= 0.3 is 0 Å². The third-order valence-corrected chi connectivity index (χ3v) is 4.55. The van der Waals surface area contributed by atoms with E-state index in [1.807, 2.05) is 6.92 Å². The van der Waals surface area contributed by atoms with Crippen molar-refractivity contribution in [1.29, 1.82) is 0 Å². The number of carbonyl (C=O) groups is 1. The fraction of sp³-hybridized carbons (Fsp3) is 0.417. The van der Waals surface area contributed by atoms with Crippen LogP contribution in [0.25, 0.3) is 0 Å². The van der Waals surface area contributed by atoms with E-state index in [9.17, 15) is 13.2 Å². The molecular weight excluding hydrogens is 252 g/mol. The summed E-state index contributed by atoms with van der Waals surface area (Å²) in [5.74, 6) is 0.0872. The fourth-order valence-corrected chi connectivity index (χ4v) is 2.84. The summed E-state index contributed by atoms with van der Waals surface area (Å²) in [5, 5.41) is 0. The topological polar surface area (TPSA) is 66.5 Å². The summed E-state index contributed by atoms with van der Waals surface area (Å²) in [6.07, 6.45) is 0.468. The van der Waals surface area contributed by atoms with Crippen molar-refractivity contribution >= 4 is 15.9 Å². The van der Waals surface area contributed by atoms with Gasteiger partial charge in [-0.25, -0.2) is 13.1 Å². The Morgan fingerprint density at radius 3 is 2.61 bits per heavy atom. The Balaban J connectivity index is 2.31. The van der Waals surface area contributed by atoms with Crippen molar-refractivity contribution < 1.29 is 13.2 Å². The molecule has 0 saturated heterocycles. The fourth-order valence-electron chi connectivity index (χ4n) is 2.06. The Kier molecular flexibility index (Phi) is 3.41. The first-order valence-corrected chi connectivity index (χ1v) is 7.29. The van der Waals surface area contributed by atoms with Gasteiger partial charge < -0.3 is 4.90 Å². The predicted octanol–water partition coefficient (Wildman–Crippen LogP) is 0.847. The molecule has 5 nitrogen and oxygen atoms in total. The highest BCUT2D eigenvalue weighted by Gasteiger charge is 2.24. The maximum Gasteiger partial charge on any atom is 0.240 e. The Hall–Kier alpha value is -1.40. The highest BCUT2D eigenvalue weighted by molar-refractivity contribution is 7.89. The number of carbonyl (C=O) groups excluding carboxylic acids is 1. The molecule has 98 valence electrons. The quantitative estimate of drug-likeness (QED) is 0.883. The van der Waals surface area contributed by atoms with Crippen molar-refractivity contribution in [3.63, 3.8) is 0 Å². The van der Waals surface area contributed by atoms with E-state index in [0.29, 0.717) is 19.5 Å². The number of amides is 1. The van der Waals surface area contributed by atoms with E-state index in [-0.39, 0.29) is 10.8 Å². The smallest absolute Gasteiger partial charge is 0.240 e. The Morgan fingerprint density at radius 1 is 1.33 bits per heavy atom. The van der Waals surface area contributed by atoms with Crippen LogP contribution < -0.4 is 4.72 Å². The molecule has 0 unspecified atom stereocenters. The average molecular weight is 268 g/mol. The Labute approximate surface area is 107 Å². The van der Waals surface area contributed by atoms with E-state index in [4.69, 9.17) is 0 Å². The molecule has 1 aliphatic heterocycles. The molecule has 0 aromatic heterocycles. The zero-order chi connectivity index (χ0) is 13.3. The molecule has 6 heteroatoms. The van der Waals surface area contributed by atoms with Gasteiger partial charge in [-0.05, 0) is 30.3 Å². The second kappa shape index (κ2) is 4.70. The third kappa shape index (κ3) is 2.26. The van der Waals surface area contributed by atoms with Crippen LogP contribution >= 0.6 is 0 Å². The van der Waals surface area contributed by atoms with Crippen LogP contribution in [0.1, 0.15) is 24.5 Å². The summed E-state index contributed by atoms with van der Waals surface area (Å²) in [7, 11) is -2.03. The molecule has 0 atom stereocenters. The van der Waals surface area contributed by atoms with Gasteiger partial charge in [0.25, 0.3) is 0 Å². The minimum absolute atomic E-state index is 0.0872. The number of nitrogens with one attached hydrogen (secondary N) is 1. The van der Waals surface area contributed by atoms with Crippen molar-refractivity contribution in [2.24, 2.45) is 0 Å². The molecule has 0 spiro atoms.